The molecule has 0 saturated heterocycles. The van der Waals surface area contributed by atoms with Crippen molar-refractivity contribution in [1.29, 1.82) is 0 Å². The van der Waals surface area contributed by atoms with Crippen molar-refractivity contribution in [1.82, 2.24) is 0 Å². The van der Waals surface area contributed by atoms with Crippen molar-refractivity contribution in [3.63, 3.8) is 0 Å². The lowest BCUT2D eigenvalue weighted by molar-refractivity contribution is 0.0691. The third-order valence-corrected chi connectivity index (χ3v) is 3.87. The van der Waals surface area contributed by atoms with Gasteiger partial charge in [-0.15, -0.1) is 11.8 Å². The summed E-state index contributed by atoms with van der Waals surface area (Å²) in [5.74, 6) is -2.14. The van der Waals surface area contributed by atoms with Gasteiger partial charge in [-0.3, -0.25) is 0 Å². The number of carbonyl (C=O) groups is 1. The monoisotopic (exact) mass is 310 g/mol. The van der Waals surface area contributed by atoms with Gasteiger partial charge in [0, 0.05) is 16.2 Å². The van der Waals surface area contributed by atoms with E-state index in [1.807, 2.05) is 0 Å². The molecule has 0 heterocycles. The molecule has 0 aliphatic heterocycles. The van der Waals surface area contributed by atoms with Gasteiger partial charge in [-0.1, -0.05) is 12.1 Å². The van der Waals surface area contributed by atoms with Crippen LogP contribution in [0.5, 0.6) is 5.75 Å². The van der Waals surface area contributed by atoms with Gasteiger partial charge < -0.3 is 9.84 Å². The molecule has 2 rings (SSSR count). The Bertz CT molecular complexity index is 674. The van der Waals surface area contributed by atoms with Crippen LogP contribution in [-0.2, 0) is 5.75 Å². The molecule has 0 saturated carbocycles. The van der Waals surface area contributed by atoms with Crippen LogP contribution in [0.3, 0.4) is 0 Å². The smallest absolute Gasteiger partial charge is 0.338 e. The maximum atomic E-state index is 14.0. The van der Waals surface area contributed by atoms with Crippen LogP contribution in [0, 0.1) is 11.6 Å². The first-order chi connectivity index (χ1) is 10.0. The summed E-state index contributed by atoms with van der Waals surface area (Å²) in [6.45, 7) is 0. The van der Waals surface area contributed by atoms with Crippen LogP contribution < -0.4 is 4.74 Å². The van der Waals surface area contributed by atoms with Gasteiger partial charge in [-0.25, -0.2) is 13.6 Å². The minimum Gasteiger partial charge on any atom is -0.494 e. The Labute approximate surface area is 124 Å². The van der Waals surface area contributed by atoms with Crippen LogP contribution >= 0.6 is 11.8 Å². The van der Waals surface area contributed by atoms with Crippen LogP contribution in [-0.4, -0.2) is 18.2 Å². The molecule has 0 aliphatic carbocycles. The number of carboxylic acid groups (broad SMARTS) is 1. The third-order valence-electron chi connectivity index (χ3n) is 2.83. The predicted octanol–water partition coefficient (Wildman–Crippen LogP) is 3.96. The molecular weight excluding hydrogens is 298 g/mol. The second kappa shape index (κ2) is 6.58. The molecule has 0 radical (unpaired) electrons. The number of hydrogen-bond donors (Lipinski definition) is 1. The number of aromatic carboxylic acids is 1. The summed E-state index contributed by atoms with van der Waals surface area (Å²) >= 11 is 1.22. The van der Waals surface area contributed by atoms with E-state index >= 15 is 0 Å². The van der Waals surface area contributed by atoms with E-state index in [0.29, 0.717) is 10.5 Å². The average Bonchev–Trinajstić information content (AvgIpc) is 2.47. The lowest BCUT2D eigenvalue weighted by atomic mass is 10.2. The van der Waals surface area contributed by atoms with Crippen molar-refractivity contribution < 1.29 is 23.4 Å². The van der Waals surface area contributed by atoms with Crippen LogP contribution in [0.2, 0.25) is 0 Å². The molecular formula is C15H12F2O3S. The number of carboxylic acids is 1. The molecule has 2 aromatic carbocycles. The molecule has 0 amide bonds. The first kappa shape index (κ1) is 15.3. The minimum atomic E-state index is -1.33. The Kier molecular flexibility index (Phi) is 4.80. The van der Waals surface area contributed by atoms with Crippen molar-refractivity contribution in [3.05, 3.63) is 59.2 Å². The SMILES string of the molecule is COc1cccc(CSc2ccc(F)c(C(=O)O)c2)c1F. The van der Waals surface area contributed by atoms with Crippen LogP contribution in [0.4, 0.5) is 8.78 Å². The van der Waals surface area contributed by atoms with E-state index in [4.69, 9.17) is 9.84 Å². The molecule has 0 aromatic heterocycles. The molecule has 3 nitrogen and oxygen atoms in total. The van der Waals surface area contributed by atoms with E-state index in [9.17, 15) is 13.6 Å². The molecule has 0 unspecified atom stereocenters. The molecule has 2 aromatic rings. The van der Waals surface area contributed by atoms with Gasteiger partial charge in [0.25, 0.3) is 0 Å². The highest BCUT2D eigenvalue weighted by Gasteiger charge is 2.12. The van der Waals surface area contributed by atoms with E-state index < -0.39 is 23.2 Å². The molecule has 1 N–H and O–H groups in total. The molecule has 0 bridgehead atoms. The number of benzene rings is 2. The summed E-state index contributed by atoms with van der Waals surface area (Å²) in [7, 11) is 1.38. The number of hydrogen-bond acceptors (Lipinski definition) is 3. The largest absolute Gasteiger partial charge is 0.494 e. The van der Waals surface area contributed by atoms with E-state index in [-0.39, 0.29) is 11.5 Å². The van der Waals surface area contributed by atoms with E-state index in [1.54, 1.807) is 12.1 Å². The fourth-order valence-corrected chi connectivity index (χ4v) is 2.66. The molecule has 0 atom stereocenters. The Hall–Kier alpha value is -2.08. The number of rotatable bonds is 5. The topological polar surface area (TPSA) is 46.5 Å². The zero-order chi connectivity index (χ0) is 15.4. The lowest BCUT2D eigenvalue weighted by Gasteiger charge is -2.08. The molecule has 0 spiro atoms. The minimum absolute atomic E-state index is 0.151. The lowest BCUT2D eigenvalue weighted by Crippen LogP contribution is -2.00. The van der Waals surface area contributed by atoms with Crippen LogP contribution in [0.25, 0.3) is 0 Å². The van der Waals surface area contributed by atoms with Gasteiger partial charge >= 0.3 is 5.97 Å². The second-order valence-corrected chi connectivity index (χ2v) is 5.22. The molecule has 21 heavy (non-hydrogen) atoms. The maximum absolute atomic E-state index is 14.0. The standard InChI is InChI=1S/C15H12F2O3S/c1-20-13-4-2-3-9(14(13)17)8-21-10-5-6-12(16)11(7-10)15(18)19/h2-7H,8H2,1H3,(H,18,19). The number of halogens is 2. The average molecular weight is 310 g/mol. The highest BCUT2D eigenvalue weighted by molar-refractivity contribution is 7.98. The molecule has 6 heteroatoms. The Morgan fingerprint density at radius 1 is 1.29 bits per heavy atom. The summed E-state index contributed by atoms with van der Waals surface area (Å²) in [4.78, 5) is 11.4. The van der Waals surface area contributed by atoms with Crippen molar-refractivity contribution >= 4 is 17.7 Å². The summed E-state index contributed by atoms with van der Waals surface area (Å²) in [5.41, 5.74) is 0.0339. The number of methoxy groups -OCH3 is 1. The van der Waals surface area contributed by atoms with Crippen molar-refractivity contribution in [2.24, 2.45) is 0 Å². The number of thioether (sulfide) groups is 1. The Balaban J connectivity index is 2.17. The Morgan fingerprint density at radius 2 is 2.05 bits per heavy atom. The van der Waals surface area contributed by atoms with Gasteiger partial charge in [0.15, 0.2) is 11.6 Å². The van der Waals surface area contributed by atoms with Crippen molar-refractivity contribution in [2.75, 3.05) is 7.11 Å². The van der Waals surface area contributed by atoms with Gasteiger partial charge in [0.05, 0.1) is 12.7 Å². The molecule has 0 fully saturated rings. The summed E-state index contributed by atoms with van der Waals surface area (Å²) in [6, 6.07) is 8.60. The Morgan fingerprint density at radius 3 is 2.71 bits per heavy atom. The van der Waals surface area contributed by atoms with Gasteiger partial charge in [-0.2, -0.15) is 0 Å². The maximum Gasteiger partial charge on any atom is 0.338 e. The summed E-state index contributed by atoms with van der Waals surface area (Å²) in [5, 5.41) is 8.86. The highest BCUT2D eigenvalue weighted by Crippen LogP contribution is 2.28. The van der Waals surface area contributed by atoms with Gasteiger partial charge in [0.2, 0.25) is 0 Å². The molecule has 0 aliphatic rings. The number of ether oxygens (including phenoxy) is 1. The molecule has 110 valence electrons. The quantitative estimate of drug-likeness (QED) is 0.849. The van der Waals surface area contributed by atoms with Gasteiger partial charge in [-0.05, 0) is 24.3 Å². The zero-order valence-corrected chi connectivity index (χ0v) is 11.9. The summed E-state index contributed by atoms with van der Waals surface area (Å²) < 4.78 is 32.1. The fraction of sp³-hybridized carbons (Fsp3) is 0.133. The summed E-state index contributed by atoms with van der Waals surface area (Å²) in [6.07, 6.45) is 0. The first-order valence-corrected chi connectivity index (χ1v) is 6.98. The normalized spacial score (nSPS) is 10.4. The van der Waals surface area contributed by atoms with Crippen molar-refractivity contribution in [2.45, 2.75) is 10.6 Å². The fourth-order valence-electron chi connectivity index (χ4n) is 1.74. The van der Waals surface area contributed by atoms with E-state index in [1.165, 1.54) is 37.1 Å². The second-order valence-electron chi connectivity index (χ2n) is 4.17. The van der Waals surface area contributed by atoms with Crippen LogP contribution in [0.1, 0.15) is 15.9 Å². The zero-order valence-electron chi connectivity index (χ0n) is 11.1. The highest BCUT2D eigenvalue weighted by atomic mass is 32.2. The van der Waals surface area contributed by atoms with E-state index in [2.05, 4.69) is 0 Å². The first-order valence-electron chi connectivity index (χ1n) is 6.00. The van der Waals surface area contributed by atoms with E-state index in [0.717, 1.165) is 6.07 Å². The predicted molar refractivity (Wildman–Crippen MR) is 75.9 cm³/mol. The van der Waals surface area contributed by atoms with Crippen molar-refractivity contribution in [3.8, 4) is 5.75 Å². The third kappa shape index (κ3) is 3.52. The van der Waals surface area contributed by atoms with Gasteiger partial charge in [0.1, 0.15) is 5.82 Å². The van der Waals surface area contributed by atoms with Crippen LogP contribution in [0.15, 0.2) is 41.3 Å².